The van der Waals surface area contributed by atoms with Crippen molar-refractivity contribution in [1.29, 1.82) is 0 Å². The van der Waals surface area contributed by atoms with Crippen molar-refractivity contribution in [2.75, 3.05) is 0 Å². The number of benzene rings is 1. The first-order chi connectivity index (χ1) is 9.11. The third kappa shape index (κ3) is 1.77. The van der Waals surface area contributed by atoms with Gasteiger partial charge in [0, 0.05) is 23.0 Å². The van der Waals surface area contributed by atoms with Crippen LogP contribution in [0.15, 0.2) is 29.8 Å². The van der Waals surface area contributed by atoms with Gasteiger partial charge in [-0.25, -0.2) is 0 Å². The van der Waals surface area contributed by atoms with Crippen LogP contribution in [-0.4, -0.2) is 17.9 Å². The van der Waals surface area contributed by atoms with Crippen molar-refractivity contribution < 1.29 is 14.4 Å². The minimum absolute atomic E-state index is 0.00653. The second-order valence-corrected chi connectivity index (χ2v) is 5.33. The summed E-state index contributed by atoms with van der Waals surface area (Å²) in [5, 5.41) is 0. The van der Waals surface area contributed by atoms with Crippen LogP contribution >= 0.6 is 0 Å². The highest BCUT2D eigenvalue weighted by Crippen LogP contribution is 2.39. The normalized spacial score (nSPS) is 25.4. The van der Waals surface area contributed by atoms with Crippen LogP contribution in [0.2, 0.25) is 0 Å². The van der Waals surface area contributed by atoms with Crippen LogP contribution in [0.5, 0.6) is 0 Å². The smallest absolute Gasteiger partial charge is 0.167 e. The first-order valence-electron chi connectivity index (χ1n) is 6.45. The Morgan fingerprint density at radius 1 is 1.11 bits per heavy atom. The van der Waals surface area contributed by atoms with Crippen molar-refractivity contribution in [2.24, 2.45) is 11.8 Å². The minimum Gasteiger partial charge on any atom is -0.298 e. The zero-order chi connectivity index (χ0) is 13.6. The van der Waals surface area contributed by atoms with Crippen molar-refractivity contribution in [3.8, 4) is 0 Å². The lowest BCUT2D eigenvalue weighted by molar-refractivity contribution is -0.105. The summed E-state index contributed by atoms with van der Waals surface area (Å²) in [4.78, 5) is 35.8. The topological polar surface area (TPSA) is 51.2 Å². The Kier molecular flexibility index (Phi) is 2.70. The molecule has 0 heterocycles. The molecule has 0 aromatic heterocycles. The molecule has 1 aromatic carbocycles. The number of fused-ring (bicyclic) bond motifs is 2. The molecule has 0 radical (unpaired) electrons. The lowest BCUT2D eigenvalue weighted by atomic mass is 9.68. The van der Waals surface area contributed by atoms with Crippen molar-refractivity contribution >= 4 is 17.9 Å². The number of aldehydes is 1. The third-order valence-electron chi connectivity index (χ3n) is 4.11. The zero-order valence-electron chi connectivity index (χ0n) is 10.7. The Bertz CT molecular complexity index is 625. The van der Waals surface area contributed by atoms with Gasteiger partial charge in [0.2, 0.25) is 0 Å². The van der Waals surface area contributed by atoms with Crippen molar-refractivity contribution in [2.45, 2.75) is 19.8 Å². The molecule has 3 heteroatoms. The number of rotatable bonds is 1. The van der Waals surface area contributed by atoms with Crippen LogP contribution < -0.4 is 0 Å². The fraction of sp³-hybridized carbons (Fsp3) is 0.312. The molecule has 96 valence electrons. The Hall–Kier alpha value is -2.03. The first kappa shape index (κ1) is 12.0. The van der Waals surface area contributed by atoms with Crippen LogP contribution in [-0.2, 0) is 4.79 Å². The van der Waals surface area contributed by atoms with Gasteiger partial charge >= 0.3 is 0 Å². The molecular formula is C16H14O3. The lowest BCUT2D eigenvalue weighted by Crippen LogP contribution is -2.38. The monoisotopic (exact) mass is 254 g/mol. The van der Waals surface area contributed by atoms with E-state index in [2.05, 4.69) is 0 Å². The van der Waals surface area contributed by atoms with Crippen LogP contribution in [0.4, 0.5) is 0 Å². The molecule has 3 nitrogen and oxygen atoms in total. The number of allylic oxidation sites excluding steroid dienone is 2. The summed E-state index contributed by atoms with van der Waals surface area (Å²) >= 11 is 0. The molecular weight excluding hydrogens is 240 g/mol. The molecule has 0 aliphatic heterocycles. The molecule has 0 spiro atoms. The van der Waals surface area contributed by atoms with Gasteiger partial charge in [-0.3, -0.25) is 14.4 Å². The van der Waals surface area contributed by atoms with Gasteiger partial charge in [0.05, 0.1) is 0 Å². The molecule has 0 saturated heterocycles. The molecule has 0 saturated carbocycles. The summed E-state index contributed by atoms with van der Waals surface area (Å²) in [6.07, 6.45) is 3.47. The number of hydrogen-bond acceptors (Lipinski definition) is 3. The molecule has 1 aromatic rings. The van der Waals surface area contributed by atoms with Crippen LogP contribution in [0.25, 0.3) is 0 Å². The van der Waals surface area contributed by atoms with Gasteiger partial charge in [-0.2, -0.15) is 0 Å². The molecule has 0 amide bonds. The van der Waals surface area contributed by atoms with Gasteiger partial charge in [0.25, 0.3) is 0 Å². The molecule has 0 N–H and O–H groups in total. The standard InChI is InChI=1S/C16H14O3/c1-9-2-4-11-13(6-9)15(18)12-5-3-10(8-17)7-14(12)16(11)19/h2-4,6,8,12,14H,5,7H2,1H3. The van der Waals surface area contributed by atoms with E-state index in [1.165, 1.54) is 0 Å². The molecule has 2 unspecified atom stereocenters. The van der Waals surface area contributed by atoms with E-state index < -0.39 is 0 Å². The maximum atomic E-state index is 12.5. The molecule has 0 fully saturated rings. The maximum Gasteiger partial charge on any atom is 0.167 e. The van der Waals surface area contributed by atoms with E-state index in [9.17, 15) is 14.4 Å². The van der Waals surface area contributed by atoms with E-state index in [1.807, 2.05) is 13.0 Å². The van der Waals surface area contributed by atoms with Crippen molar-refractivity contribution in [3.05, 3.63) is 46.5 Å². The summed E-state index contributed by atoms with van der Waals surface area (Å²) in [6.45, 7) is 1.91. The van der Waals surface area contributed by atoms with E-state index in [1.54, 1.807) is 18.2 Å². The van der Waals surface area contributed by atoms with Crippen LogP contribution in [0.1, 0.15) is 39.1 Å². The van der Waals surface area contributed by atoms with E-state index in [4.69, 9.17) is 0 Å². The number of carbonyl (C=O) groups is 3. The molecule has 2 aliphatic rings. The molecule has 2 atom stereocenters. The van der Waals surface area contributed by atoms with Gasteiger partial charge in [0.15, 0.2) is 11.6 Å². The molecule has 0 bridgehead atoms. The second-order valence-electron chi connectivity index (χ2n) is 5.33. The number of hydrogen-bond donors (Lipinski definition) is 0. The van der Waals surface area contributed by atoms with E-state index in [0.29, 0.717) is 29.5 Å². The number of ketones is 2. The highest BCUT2D eigenvalue weighted by molar-refractivity contribution is 6.16. The third-order valence-corrected chi connectivity index (χ3v) is 4.11. The summed E-state index contributed by atoms with van der Waals surface area (Å²) in [5.74, 6) is -0.588. The largest absolute Gasteiger partial charge is 0.298 e. The number of aryl methyl sites for hydroxylation is 1. The predicted molar refractivity (Wildman–Crippen MR) is 70.2 cm³/mol. The van der Waals surface area contributed by atoms with Gasteiger partial charge in [-0.1, -0.05) is 23.8 Å². The van der Waals surface area contributed by atoms with Gasteiger partial charge in [-0.15, -0.1) is 0 Å². The number of Topliss-reactive ketones (excluding diaryl/α,β-unsaturated/α-hetero) is 2. The highest BCUT2D eigenvalue weighted by Gasteiger charge is 2.42. The Balaban J connectivity index is 2.09. The highest BCUT2D eigenvalue weighted by atomic mass is 16.1. The number of carbonyl (C=O) groups excluding carboxylic acids is 3. The SMILES string of the molecule is Cc1ccc2c(c1)C(=O)C1CC=C(C=O)CC1C2=O. The molecule has 3 rings (SSSR count). The van der Waals surface area contributed by atoms with Crippen LogP contribution in [0.3, 0.4) is 0 Å². The predicted octanol–water partition coefficient (Wildman–Crippen LogP) is 2.53. The average Bonchev–Trinajstić information content (AvgIpc) is 2.44. The van der Waals surface area contributed by atoms with E-state index in [-0.39, 0.29) is 23.4 Å². The Morgan fingerprint density at radius 2 is 1.84 bits per heavy atom. The summed E-state index contributed by atoms with van der Waals surface area (Å²) in [6, 6.07) is 5.38. The second kappa shape index (κ2) is 4.26. The summed E-state index contributed by atoms with van der Waals surface area (Å²) in [7, 11) is 0. The molecule has 19 heavy (non-hydrogen) atoms. The fourth-order valence-electron chi connectivity index (χ4n) is 3.06. The van der Waals surface area contributed by atoms with Crippen LogP contribution in [0, 0.1) is 18.8 Å². The van der Waals surface area contributed by atoms with Gasteiger partial charge < -0.3 is 0 Å². The average molecular weight is 254 g/mol. The van der Waals surface area contributed by atoms with Gasteiger partial charge in [0.1, 0.15) is 6.29 Å². The van der Waals surface area contributed by atoms with Gasteiger partial charge in [-0.05, 0) is 31.4 Å². The summed E-state index contributed by atoms with van der Waals surface area (Å²) in [5.41, 5.74) is 2.69. The summed E-state index contributed by atoms with van der Waals surface area (Å²) < 4.78 is 0. The van der Waals surface area contributed by atoms with E-state index in [0.717, 1.165) is 11.8 Å². The Morgan fingerprint density at radius 3 is 2.58 bits per heavy atom. The first-order valence-corrected chi connectivity index (χ1v) is 6.45. The molecule has 2 aliphatic carbocycles. The van der Waals surface area contributed by atoms with Crippen molar-refractivity contribution in [1.82, 2.24) is 0 Å². The quantitative estimate of drug-likeness (QED) is 0.723. The lowest BCUT2D eigenvalue weighted by Gasteiger charge is -2.33. The fourth-order valence-corrected chi connectivity index (χ4v) is 3.06. The zero-order valence-corrected chi connectivity index (χ0v) is 10.7. The minimum atomic E-state index is -0.354. The van der Waals surface area contributed by atoms with E-state index >= 15 is 0 Å². The maximum absolute atomic E-state index is 12.5. The van der Waals surface area contributed by atoms with Crippen molar-refractivity contribution in [3.63, 3.8) is 0 Å². The Labute approximate surface area is 111 Å².